The van der Waals surface area contributed by atoms with Gasteiger partial charge in [0.2, 0.25) is 0 Å². The molecule has 3 amide bonds. The Morgan fingerprint density at radius 2 is 1.92 bits per heavy atom. The number of amides is 3. The molecule has 2 aliphatic heterocycles. The molecule has 2 heterocycles. The van der Waals surface area contributed by atoms with Crippen molar-refractivity contribution in [1.82, 2.24) is 10.2 Å². The van der Waals surface area contributed by atoms with E-state index in [1.165, 1.54) is 4.90 Å². The molecule has 2 aliphatic rings. The minimum Gasteiger partial charge on any atom is -0.497 e. The Morgan fingerprint density at radius 1 is 1.27 bits per heavy atom. The minimum atomic E-state index is -0.416. The van der Waals surface area contributed by atoms with Crippen LogP contribution >= 0.6 is 0 Å². The lowest BCUT2D eigenvalue weighted by Crippen LogP contribution is -2.47. The van der Waals surface area contributed by atoms with Crippen LogP contribution in [-0.4, -0.2) is 49.7 Å². The van der Waals surface area contributed by atoms with E-state index in [0.29, 0.717) is 19.8 Å². The molecule has 1 aromatic rings. The van der Waals surface area contributed by atoms with E-state index in [-0.39, 0.29) is 23.3 Å². The number of methoxy groups -OCH3 is 1. The van der Waals surface area contributed by atoms with Gasteiger partial charge in [0.15, 0.2) is 0 Å². The molecule has 0 bridgehead atoms. The van der Waals surface area contributed by atoms with Gasteiger partial charge in [-0.15, -0.1) is 0 Å². The van der Waals surface area contributed by atoms with Gasteiger partial charge in [-0.1, -0.05) is 32.4 Å². The summed E-state index contributed by atoms with van der Waals surface area (Å²) in [5.74, 6) is 0.814. The maximum absolute atomic E-state index is 12.9. The second kappa shape index (κ2) is 7.66. The van der Waals surface area contributed by atoms with Crippen molar-refractivity contribution in [2.45, 2.75) is 44.6 Å². The number of carbonyl (C=O) groups excluding carboxylic acids is 2. The van der Waals surface area contributed by atoms with Crippen LogP contribution in [0.4, 0.5) is 4.79 Å². The third-order valence-corrected chi connectivity index (χ3v) is 5.88. The van der Waals surface area contributed by atoms with Crippen LogP contribution in [0.2, 0.25) is 0 Å². The predicted octanol–water partition coefficient (Wildman–Crippen LogP) is 2.71. The van der Waals surface area contributed by atoms with Gasteiger partial charge in [0.1, 0.15) is 11.8 Å². The number of ether oxygens (including phenoxy) is 2. The third-order valence-electron chi connectivity index (χ3n) is 5.88. The first-order valence-corrected chi connectivity index (χ1v) is 9.35. The first kappa shape index (κ1) is 18.7. The van der Waals surface area contributed by atoms with E-state index in [1.807, 2.05) is 38.1 Å². The lowest BCUT2D eigenvalue weighted by Gasteiger charge is -2.39. The van der Waals surface area contributed by atoms with E-state index < -0.39 is 6.04 Å². The van der Waals surface area contributed by atoms with Gasteiger partial charge in [-0.25, -0.2) is 4.79 Å². The molecule has 1 aromatic carbocycles. The largest absolute Gasteiger partial charge is 0.497 e. The molecular weight excluding hydrogens is 332 g/mol. The highest BCUT2D eigenvalue weighted by atomic mass is 16.5. The average molecular weight is 360 g/mol. The second-order valence-corrected chi connectivity index (χ2v) is 7.36. The van der Waals surface area contributed by atoms with Gasteiger partial charge in [-0.3, -0.25) is 9.69 Å². The molecule has 0 aliphatic carbocycles. The van der Waals surface area contributed by atoms with E-state index in [4.69, 9.17) is 9.47 Å². The molecule has 6 heteroatoms. The minimum absolute atomic E-state index is 0.108. The molecule has 0 spiro atoms. The van der Waals surface area contributed by atoms with Crippen LogP contribution in [0.5, 0.6) is 5.75 Å². The van der Waals surface area contributed by atoms with Crippen molar-refractivity contribution in [2.75, 3.05) is 26.9 Å². The molecule has 0 radical (unpaired) electrons. The summed E-state index contributed by atoms with van der Waals surface area (Å²) in [4.78, 5) is 26.8. The quantitative estimate of drug-likeness (QED) is 0.792. The number of nitrogens with zero attached hydrogens (tertiary/aromatic N) is 1. The van der Waals surface area contributed by atoms with Gasteiger partial charge in [-0.05, 0) is 36.5 Å². The van der Waals surface area contributed by atoms with Crippen molar-refractivity contribution in [1.29, 1.82) is 0 Å². The fourth-order valence-electron chi connectivity index (χ4n) is 3.86. The van der Waals surface area contributed by atoms with Crippen LogP contribution in [0.25, 0.3) is 0 Å². The van der Waals surface area contributed by atoms with Crippen molar-refractivity contribution in [3.8, 4) is 5.75 Å². The van der Waals surface area contributed by atoms with Gasteiger partial charge in [-0.2, -0.15) is 0 Å². The van der Waals surface area contributed by atoms with Crippen LogP contribution in [0, 0.1) is 5.92 Å². The van der Waals surface area contributed by atoms with Crippen molar-refractivity contribution in [2.24, 2.45) is 5.92 Å². The molecule has 0 unspecified atom stereocenters. The fourth-order valence-corrected chi connectivity index (χ4v) is 3.86. The zero-order valence-electron chi connectivity index (χ0n) is 15.8. The van der Waals surface area contributed by atoms with Crippen LogP contribution in [0.1, 0.15) is 38.7 Å². The first-order chi connectivity index (χ1) is 12.5. The van der Waals surface area contributed by atoms with Crippen molar-refractivity contribution in [3.05, 3.63) is 29.8 Å². The predicted molar refractivity (Wildman–Crippen MR) is 98.2 cm³/mol. The third kappa shape index (κ3) is 3.43. The van der Waals surface area contributed by atoms with Crippen LogP contribution in [0.15, 0.2) is 24.3 Å². The highest BCUT2D eigenvalue weighted by Gasteiger charge is 2.45. The molecule has 1 N–H and O–H groups in total. The van der Waals surface area contributed by atoms with E-state index in [0.717, 1.165) is 30.6 Å². The highest BCUT2D eigenvalue weighted by molar-refractivity contribution is 6.04. The summed E-state index contributed by atoms with van der Waals surface area (Å²) in [5.41, 5.74) is 0.844. The fraction of sp³-hybridized carbons (Fsp3) is 0.600. The van der Waals surface area contributed by atoms with Gasteiger partial charge >= 0.3 is 6.03 Å². The molecule has 142 valence electrons. The monoisotopic (exact) mass is 360 g/mol. The summed E-state index contributed by atoms with van der Waals surface area (Å²) in [6.07, 6.45) is 2.41. The maximum atomic E-state index is 12.9. The van der Waals surface area contributed by atoms with E-state index in [9.17, 15) is 9.59 Å². The van der Waals surface area contributed by atoms with Crippen molar-refractivity contribution in [3.63, 3.8) is 0 Å². The molecule has 3 rings (SSSR count). The van der Waals surface area contributed by atoms with E-state index >= 15 is 0 Å². The highest BCUT2D eigenvalue weighted by Crippen LogP contribution is 2.37. The smallest absolute Gasteiger partial charge is 0.324 e. The Bertz CT molecular complexity index is 652. The van der Waals surface area contributed by atoms with Crippen molar-refractivity contribution < 1.29 is 19.1 Å². The number of benzene rings is 1. The van der Waals surface area contributed by atoms with E-state index in [2.05, 4.69) is 5.32 Å². The Morgan fingerprint density at radius 3 is 2.50 bits per heavy atom. The zero-order chi connectivity index (χ0) is 18.7. The summed E-state index contributed by atoms with van der Waals surface area (Å²) < 4.78 is 10.8. The molecule has 26 heavy (non-hydrogen) atoms. The Balaban J connectivity index is 1.86. The molecule has 2 saturated heterocycles. The normalized spacial score (nSPS) is 23.7. The van der Waals surface area contributed by atoms with Crippen molar-refractivity contribution >= 4 is 11.9 Å². The standard InChI is InChI=1S/C20H28N2O4/c1-4-14(2)17-18(23)22(19(24)21-17)13-20(9-11-26-12-10-20)15-5-7-16(25-3)8-6-15/h5-8,14,17H,4,9-13H2,1-3H3,(H,21,24)/t14-,17+/m1/s1. The Hall–Kier alpha value is -2.08. The van der Waals surface area contributed by atoms with Gasteiger partial charge in [0.25, 0.3) is 5.91 Å². The van der Waals surface area contributed by atoms with Crippen LogP contribution in [-0.2, 0) is 14.9 Å². The Kier molecular flexibility index (Phi) is 5.51. The number of rotatable bonds is 6. The summed E-state index contributed by atoms with van der Waals surface area (Å²) in [6, 6.07) is 7.24. The molecular formula is C20H28N2O4. The molecule has 0 aromatic heterocycles. The molecule has 0 saturated carbocycles. The lowest BCUT2D eigenvalue weighted by molar-refractivity contribution is -0.129. The molecule has 2 fully saturated rings. The summed E-state index contributed by atoms with van der Waals surface area (Å²) in [5, 5.41) is 2.87. The number of hydrogen-bond acceptors (Lipinski definition) is 4. The summed E-state index contributed by atoms with van der Waals surface area (Å²) >= 11 is 0. The van der Waals surface area contributed by atoms with E-state index in [1.54, 1.807) is 7.11 Å². The number of nitrogens with one attached hydrogen (secondary N) is 1. The maximum Gasteiger partial charge on any atom is 0.324 e. The van der Waals surface area contributed by atoms with Gasteiger partial charge in [0, 0.05) is 25.2 Å². The Labute approximate surface area is 154 Å². The number of urea groups is 1. The number of carbonyl (C=O) groups is 2. The summed E-state index contributed by atoms with van der Waals surface area (Å²) in [7, 11) is 1.64. The SMILES string of the molecule is CC[C@@H](C)[C@@H]1NC(=O)N(CC2(c3ccc(OC)cc3)CCOCC2)C1=O. The second-order valence-electron chi connectivity index (χ2n) is 7.36. The average Bonchev–Trinajstić information content (AvgIpc) is 2.96. The summed E-state index contributed by atoms with van der Waals surface area (Å²) in [6.45, 7) is 5.68. The van der Waals surface area contributed by atoms with Gasteiger partial charge < -0.3 is 14.8 Å². The molecule has 2 atom stereocenters. The topological polar surface area (TPSA) is 67.9 Å². The zero-order valence-corrected chi connectivity index (χ0v) is 15.8. The number of hydrogen-bond donors (Lipinski definition) is 1. The van der Waals surface area contributed by atoms with Crippen LogP contribution < -0.4 is 10.1 Å². The van der Waals surface area contributed by atoms with Gasteiger partial charge in [0.05, 0.1) is 7.11 Å². The lowest BCUT2D eigenvalue weighted by atomic mass is 9.73. The first-order valence-electron chi connectivity index (χ1n) is 9.35. The number of imide groups is 1. The molecule has 6 nitrogen and oxygen atoms in total. The van der Waals surface area contributed by atoms with Crippen LogP contribution in [0.3, 0.4) is 0 Å².